The number of carbonyl (C=O) groups excluding carboxylic acids is 2. The number of piperidine rings is 1. The summed E-state index contributed by atoms with van der Waals surface area (Å²) in [6, 6.07) is 7.30. The lowest BCUT2D eigenvalue weighted by atomic mass is 9.89. The first kappa shape index (κ1) is 21.4. The molecule has 3 heterocycles. The summed E-state index contributed by atoms with van der Waals surface area (Å²) in [5, 5.41) is 3.84. The van der Waals surface area contributed by atoms with E-state index in [1.807, 2.05) is 12.1 Å². The maximum atomic E-state index is 12.9. The monoisotopic (exact) mass is 427 g/mol. The Kier molecular flexibility index (Phi) is 6.27. The Balaban J connectivity index is 1.30. The molecule has 0 unspecified atom stereocenters. The third kappa shape index (κ3) is 4.44. The first-order valence-corrected chi connectivity index (χ1v) is 10.7. The van der Waals surface area contributed by atoms with Gasteiger partial charge in [0.05, 0.1) is 26.7 Å². The molecule has 1 aromatic carbocycles. The van der Waals surface area contributed by atoms with Crippen LogP contribution in [0.15, 0.2) is 28.8 Å². The highest BCUT2D eigenvalue weighted by molar-refractivity contribution is 6.21. The van der Waals surface area contributed by atoms with Gasteiger partial charge in [-0.3, -0.25) is 14.5 Å². The summed E-state index contributed by atoms with van der Waals surface area (Å²) in [7, 11) is 3.29. The zero-order valence-corrected chi connectivity index (χ0v) is 18.3. The van der Waals surface area contributed by atoms with Crippen molar-refractivity contribution in [3.63, 3.8) is 0 Å². The Morgan fingerprint density at radius 3 is 2.48 bits per heavy atom. The number of aromatic nitrogens is 1. The van der Waals surface area contributed by atoms with Crippen molar-refractivity contribution >= 4 is 17.6 Å². The van der Waals surface area contributed by atoms with E-state index in [9.17, 15) is 9.59 Å². The third-order valence-electron chi connectivity index (χ3n) is 6.35. The molecule has 2 aromatic rings. The minimum absolute atomic E-state index is 0.193. The van der Waals surface area contributed by atoms with Crippen LogP contribution >= 0.6 is 0 Å². The molecular weight excluding hydrogens is 398 g/mol. The van der Waals surface area contributed by atoms with Gasteiger partial charge in [0, 0.05) is 6.07 Å². The van der Waals surface area contributed by atoms with E-state index in [4.69, 9.17) is 14.0 Å². The molecule has 1 aromatic heterocycles. The summed E-state index contributed by atoms with van der Waals surface area (Å²) in [5.41, 5.74) is 1.23. The Morgan fingerprint density at radius 1 is 1.10 bits per heavy atom. The van der Waals surface area contributed by atoms with Crippen molar-refractivity contribution in [2.75, 3.05) is 32.2 Å². The van der Waals surface area contributed by atoms with Gasteiger partial charge >= 0.3 is 0 Å². The van der Waals surface area contributed by atoms with Gasteiger partial charge in [0.2, 0.25) is 5.91 Å². The molecule has 0 bridgehead atoms. The van der Waals surface area contributed by atoms with Crippen molar-refractivity contribution < 1.29 is 23.6 Å². The van der Waals surface area contributed by atoms with E-state index in [0.717, 1.165) is 50.3 Å². The molecule has 31 heavy (non-hydrogen) atoms. The third-order valence-corrected chi connectivity index (χ3v) is 6.35. The van der Waals surface area contributed by atoms with Gasteiger partial charge in [-0.2, -0.15) is 0 Å². The summed E-state index contributed by atoms with van der Waals surface area (Å²) in [6.45, 7) is 3.39. The lowest BCUT2D eigenvalue weighted by Crippen LogP contribution is -2.46. The number of amides is 2. The molecule has 0 aliphatic carbocycles. The predicted molar refractivity (Wildman–Crippen MR) is 114 cm³/mol. The van der Waals surface area contributed by atoms with Crippen molar-refractivity contribution in [1.82, 2.24) is 10.1 Å². The van der Waals surface area contributed by atoms with Crippen LogP contribution in [-0.2, 0) is 16.0 Å². The topological polar surface area (TPSA) is 85.1 Å². The van der Waals surface area contributed by atoms with Crippen LogP contribution in [0.1, 0.15) is 37.0 Å². The van der Waals surface area contributed by atoms with Crippen LogP contribution < -0.4 is 14.4 Å². The fourth-order valence-electron chi connectivity index (χ4n) is 4.56. The molecule has 2 aliphatic heterocycles. The molecule has 8 nitrogen and oxygen atoms in total. The van der Waals surface area contributed by atoms with E-state index in [1.54, 1.807) is 27.2 Å². The maximum Gasteiger partial charge on any atom is 0.252 e. The largest absolute Gasteiger partial charge is 0.493 e. The van der Waals surface area contributed by atoms with Gasteiger partial charge in [-0.1, -0.05) is 11.2 Å². The Bertz CT molecular complexity index is 948. The average Bonchev–Trinajstić information content (AvgIpc) is 3.34. The first-order valence-electron chi connectivity index (χ1n) is 10.7. The molecule has 2 aliphatic rings. The highest BCUT2D eigenvalue weighted by Gasteiger charge is 2.44. The molecule has 0 N–H and O–H groups in total. The van der Waals surface area contributed by atoms with Crippen LogP contribution in [0, 0.1) is 12.8 Å². The fourth-order valence-corrected chi connectivity index (χ4v) is 4.56. The molecule has 2 fully saturated rings. The van der Waals surface area contributed by atoms with Crippen LogP contribution in [-0.4, -0.2) is 55.2 Å². The Labute approximate surface area is 182 Å². The van der Waals surface area contributed by atoms with Gasteiger partial charge in [0.25, 0.3) is 5.91 Å². The van der Waals surface area contributed by atoms with Crippen molar-refractivity contribution in [1.29, 1.82) is 0 Å². The van der Waals surface area contributed by atoms with Gasteiger partial charge in [0.1, 0.15) is 5.76 Å². The van der Waals surface area contributed by atoms with Crippen molar-refractivity contribution in [3.8, 4) is 11.5 Å². The number of nitrogens with zero attached hydrogens (tertiary/aromatic N) is 3. The minimum Gasteiger partial charge on any atom is -0.493 e. The molecule has 2 saturated heterocycles. The summed E-state index contributed by atoms with van der Waals surface area (Å²) in [6.07, 6.45) is 4.32. The van der Waals surface area contributed by atoms with Gasteiger partial charge in [0.15, 0.2) is 17.3 Å². The summed E-state index contributed by atoms with van der Waals surface area (Å²) >= 11 is 0. The molecule has 2 amide bonds. The number of likely N-dealkylation sites (tertiary alicyclic amines) is 1. The van der Waals surface area contributed by atoms with Gasteiger partial charge < -0.3 is 14.0 Å². The standard InChI is InChI=1S/C23H29N3O5/c1-15-12-21(24-31-15)26-22(27)14-18(23(26)28)25-10-8-16(9-11-25)4-5-17-6-7-19(29-2)20(13-17)30-3/h6-7,12-13,16,18H,4-5,8-11,14H2,1-3H3/t18-/m1/s1. The summed E-state index contributed by atoms with van der Waals surface area (Å²) < 4.78 is 15.7. The average molecular weight is 428 g/mol. The fraction of sp³-hybridized carbons (Fsp3) is 0.522. The van der Waals surface area contributed by atoms with Crippen LogP contribution in [0.3, 0.4) is 0 Å². The maximum absolute atomic E-state index is 12.9. The second kappa shape index (κ2) is 9.09. The number of methoxy groups -OCH3 is 2. The first-order chi connectivity index (χ1) is 15.0. The number of imide groups is 1. The lowest BCUT2D eigenvalue weighted by molar-refractivity contribution is -0.123. The van der Waals surface area contributed by atoms with E-state index in [-0.39, 0.29) is 18.2 Å². The van der Waals surface area contributed by atoms with Crippen molar-refractivity contribution in [2.24, 2.45) is 5.92 Å². The molecule has 0 spiro atoms. The molecule has 0 saturated carbocycles. The zero-order valence-electron chi connectivity index (χ0n) is 18.3. The number of hydrogen-bond acceptors (Lipinski definition) is 7. The summed E-state index contributed by atoms with van der Waals surface area (Å²) in [4.78, 5) is 28.7. The molecule has 4 rings (SSSR count). The second-order valence-electron chi connectivity index (χ2n) is 8.29. The molecular formula is C23H29N3O5. The highest BCUT2D eigenvalue weighted by Crippen LogP contribution is 2.31. The molecule has 1 atom stereocenters. The van der Waals surface area contributed by atoms with Crippen molar-refractivity contribution in [2.45, 2.75) is 45.1 Å². The quantitative estimate of drug-likeness (QED) is 0.628. The van der Waals surface area contributed by atoms with Gasteiger partial charge in [-0.05, 0) is 69.3 Å². The normalized spacial score (nSPS) is 20.5. The van der Waals surface area contributed by atoms with Gasteiger partial charge in [-0.25, -0.2) is 4.90 Å². The van der Waals surface area contributed by atoms with Crippen LogP contribution in [0.2, 0.25) is 0 Å². The Hall–Kier alpha value is -2.87. The van der Waals surface area contributed by atoms with E-state index in [2.05, 4.69) is 16.1 Å². The minimum atomic E-state index is -0.392. The van der Waals surface area contributed by atoms with Crippen molar-refractivity contribution in [3.05, 3.63) is 35.6 Å². The number of rotatable bonds is 7. The number of anilines is 1. The SMILES string of the molecule is COc1ccc(CCC2CCN([C@@H]3CC(=O)N(c4cc(C)on4)C3=O)CC2)cc1OC. The summed E-state index contributed by atoms with van der Waals surface area (Å²) in [5.74, 6) is 2.57. The molecule has 166 valence electrons. The molecule has 0 radical (unpaired) electrons. The van der Waals surface area contributed by atoms with E-state index in [0.29, 0.717) is 17.5 Å². The Morgan fingerprint density at radius 2 is 1.84 bits per heavy atom. The van der Waals surface area contributed by atoms with Crippen LogP contribution in [0.25, 0.3) is 0 Å². The van der Waals surface area contributed by atoms with Gasteiger partial charge in [-0.15, -0.1) is 0 Å². The number of aryl methyl sites for hydroxylation is 2. The highest BCUT2D eigenvalue weighted by atomic mass is 16.5. The number of benzene rings is 1. The molecule has 8 heteroatoms. The number of ether oxygens (including phenoxy) is 2. The van der Waals surface area contributed by atoms with Crippen LogP contribution in [0.5, 0.6) is 11.5 Å². The predicted octanol–water partition coefficient (Wildman–Crippen LogP) is 2.98. The van der Waals surface area contributed by atoms with E-state index >= 15 is 0 Å². The lowest BCUT2D eigenvalue weighted by Gasteiger charge is -2.34. The van der Waals surface area contributed by atoms with Crippen LogP contribution in [0.4, 0.5) is 5.82 Å². The smallest absolute Gasteiger partial charge is 0.252 e. The van der Waals surface area contributed by atoms with E-state index in [1.165, 1.54) is 10.5 Å². The number of hydrogen-bond donors (Lipinski definition) is 0. The second-order valence-corrected chi connectivity index (χ2v) is 8.29. The zero-order chi connectivity index (χ0) is 22.0. The van der Waals surface area contributed by atoms with E-state index < -0.39 is 6.04 Å². The number of carbonyl (C=O) groups is 2.